The van der Waals surface area contributed by atoms with Gasteiger partial charge in [0.2, 0.25) is 5.95 Å². The van der Waals surface area contributed by atoms with E-state index in [1.165, 1.54) is 23.0 Å². The van der Waals surface area contributed by atoms with Gasteiger partial charge in [-0.2, -0.15) is 4.98 Å². The Morgan fingerprint density at radius 1 is 1.10 bits per heavy atom. The fourth-order valence-electron chi connectivity index (χ4n) is 5.54. The highest BCUT2D eigenvalue weighted by Crippen LogP contribution is 2.34. The Morgan fingerprint density at radius 3 is 2.56 bits per heavy atom. The summed E-state index contributed by atoms with van der Waals surface area (Å²) in [7, 11) is -0.374. The fourth-order valence-corrected chi connectivity index (χ4v) is 6.21. The summed E-state index contributed by atoms with van der Waals surface area (Å²) in [6, 6.07) is 14.8. The smallest absolute Gasteiger partial charge is 0.278 e. The van der Waals surface area contributed by atoms with Gasteiger partial charge in [0.25, 0.3) is 5.56 Å². The summed E-state index contributed by atoms with van der Waals surface area (Å²) in [4.78, 5) is 31.9. The predicted octanol–water partition coefficient (Wildman–Crippen LogP) is 2.40. The molecule has 12 heteroatoms. The number of hydrogen-bond donors (Lipinski definition) is 3. The normalized spacial score (nSPS) is 19.5. The van der Waals surface area contributed by atoms with Crippen molar-refractivity contribution in [2.24, 2.45) is 0 Å². The molecule has 3 aromatic heterocycles. The molecule has 6 rings (SSSR count). The minimum Gasteiger partial charge on any atom is -0.366 e. The molecule has 39 heavy (non-hydrogen) atoms. The molecule has 2 atom stereocenters. The van der Waals surface area contributed by atoms with Crippen molar-refractivity contribution in [2.75, 3.05) is 47.6 Å². The zero-order valence-electron chi connectivity index (χ0n) is 22.3. The van der Waals surface area contributed by atoms with E-state index in [4.69, 9.17) is 4.98 Å². The molecule has 0 spiro atoms. The first-order chi connectivity index (χ1) is 18.7. The molecule has 0 unspecified atom stereocenters. The van der Waals surface area contributed by atoms with E-state index in [1.54, 1.807) is 41.5 Å². The number of pyridine rings is 1. The van der Waals surface area contributed by atoms with Crippen LogP contribution in [-0.2, 0) is 16.7 Å². The summed E-state index contributed by atoms with van der Waals surface area (Å²) in [6.45, 7) is 6.22. The van der Waals surface area contributed by atoms with Crippen LogP contribution in [0.3, 0.4) is 0 Å². The van der Waals surface area contributed by atoms with Crippen molar-refractivity contribution >= 4 is 44.3 Å². The summed E-state index contributed by atoms with van der Waals surface area (Å²) in [6.07, 6.45) is 7.66. The second-order valence-corrected chi connectivity index (χ2v) is 13.5. The van der Waals surface area contributed by atoms with E-state index in [0.29, 0.717) is 40.7 Å². The van der Waals surface area contributed by atoms with Crippen LogP contribution >= 0.6 is 0 Å². The van der Waals surface area contributed by atoms with Crippen molar-refractivity contribution in [3.05, 3.63) is 71.7 Å². The molecule has 2 aliphatic heterocycles. The lowest BCUT2D eigenvalue weighted by Crippen LogP contribution is -2.44. The highest BCUT2D eigenvalue weighted by atomic mass is 32.3. The van der Waals surface area contributed by atoms with Gasteiger partial charge in [0.1, 0.15) is 11.2 Å². The van der Waals surface area contributed by atoms with Crippen LogP contribution in [0.15, 0.2) is 66.1 Å². The third-order valence-electron chi connectivity index (χ3n) is 7.28. The highest BCUT2D eigenvalue weighted by molar-refractivity contribution is 8.02. The second kappa shape index (κ2) is 9.62. The maximum absolute atomic E-state index is 13.2. The van der Waals surface area contributed by atoms with Gasteiger partial charge in [-0.15, -0.1) is 6.58 Å². The molecule has 4 aromatic rings. The molecule has 2 N–H and O–H groups in total. The standard InChI is InChI=1S/C27H33N9O2S/c1-5-13-35-26(37)22-15-28-27(31-25(22)36(35)24-8-6-7-23(30-24)32-39(3,4)38)29-18-9-11-19(12-10-18)34-17-20-14-21(34)16-33(20)2/h5-12,15,20-21,39H,1,13-14,16-17H2,2-4H3,(H,28,29,31)(H,30,32,38)/t20-,21-/m0/s1. The summed E-state index contributed by atoms with van der Waals surface area (Å²) in [5, 5.41) is 3.64. The van der Waals surface area contributed by atoms with E-state index in [1.807, 2.05) is 12.1 Å². The van der Waals surface area contributed by atoms with Crippen LogP contribution in [0.5, 0.6) is 0 Å². The molecule has 2 aliphatic rings. The van der Waals surface area contributed by atoms with E-state index < -0.39 is 10.1 Å². The Balaban J connectivity index is 1.32. The van der Waals surface area contributed by atoms with Crippen molar-refractivity contribution in [3.63, 3.8) is 0 Å². The molecule has 2 saturated heterocycles. The summed E-state index contributed by atoms with van der Waals surface area (Å²) in [5.74, 6) is 1.27. The lowest BCUT2D eigenvalue weighted by atomic mass is 10.2. The Labute approximate surface area is 227 Å². The zero-order chi connectivity index (χ0) is 27.3. The number of aromatic nitrogens is 5. The van der Waals surface area contributed by atoms with Gasteiger partial charge in [-0.1, -0.05) is 12.1 Å². The van der Waals surface area contributed by atoms with Gasteiger partial charge in [-0.05, 0) is 60.0 Å². The number of fused-ring (bicyclic) bond motifs is 3. The number of benzene rings is 1. The van der Waals surface area contributed by atoms with E-state index in [0.717, 1.165) is 18.8 Å². The Morgan fingerprint density at radius 2 is 1.90 bits per heavy atom. The SMILES string of the molecule is C=CCn1c(=O)c2cnc(Nc3ccc(N4C[C@@H]5C[C@H]4CN5C)cc3)nc2n1-c1cccc(N[SH](C)(C)=O)n1. The Bertz CT molecular complexity index is 1650. The number of likely N-dealkylation sites (N-methyl/N-ethyl adjacent to an activating group) is 1. The van der Waals surface area contributed by atoms with E-state index >= 15 is 0 Å². The van der Waals surface area contributed by atoms with Gasteiger partial charge >= 0.3 is 0 Å². The van der Waals surface area contributed by atoms with E-state index in [9.17, 15) is 9.00 Å². The molecule has 11 nitrogen and oxygen atoms in total. The number of piperazine rings is 1. The molecule has 1 aromatic carbocycles. The molecule has 5 heterocycles. The molecular weight excluding hydrogens is 514 g/mol. The Kier molecular flexibility index (Phi) is 6.23. The van der Waals surface area contributed by atoms with Gasteiger partial charge in [-0.3, -0.25) is 13.9 Å². The van der Waals surface area contributed by atoms with Crippen molar-refractivity contribution < 1.29 is 4.21 Å². The fraction of sp³-hybridized carbons (Fsp3) is 0.333. The molecule has 0 radical (unpaired) electrons. The predicted molar refractivity (Wildman–Crippen MR) is 158 cm³/mol. The van der Waals surface area contributed by atoms with Gasteiger partial charge in [0, 0.05) is 55.3 Å². The molecule has 204 valence electrons. The average Bonchev–Trinajstić information content (AvgIpc) is 3.55. The van der Waals surface area contributed by atoms with Crippen LogP contribution in [0.2, 0.25) is 0 Å². The molecule has 0 aliphatic carbocycles. The van der Waals surface area contributed by atoms with Crippen LogP contribution in [0, 0.1) is 0 Å². The lowest BCUT2D eigenvalue weighted by molar-refractivity contribution is 0.292. The van der Waals surface area contributed by atoms with Crippen molar-refractivity contribution in [3.8, 4) is 5.82 Å². The van der Waals surface area contributed by atoms with Crippen molar-refractivity contribution in [1.29, 1.82) is 0 Å². The second-order valence-electron chi connectivity index (χ2n) is 10.6. The molecular formula is C27H33N9O2S. The third kappa shape index (κ3) is 4.81. The van der Waals surface area contributed by atoms with E-state index in [-0.39, 0.29) is 12.1 Å². The number of thiol groups is 1. The van der Waals surface area contributed by atoms with Crippen LogP contribution < -0.4 is 20.5 Å². The maximum atomic E-state index is 13.2. The van der Waals surface area contributed by atoms with Gasteiger partial charge in [-0.25, -0.2) is 19.3 Å². The highest BCUT2D eigenvalue weighted by Gasteiger charge is 2.41. The summed E-state index contributed by atoms with van der Waals surface area (Å²) >= 11 is 0. The van der Waals surface area contributed by atoms with Crippen molar-refractivity contribution in [2.45, 2.75) is 25.0 Å². The first kappa shape index (κ1) is 25.3. The van der Waals surface area contributed by atoms with Crippen LogP contribution in [0.1, 0.15) is 6.42 Å². The first-order valence-corrected chi connectivity index (χ1v) is 15.5. The van der Waals surface area contributed by atoms with Crippen LogP contribution in [0.4, 0.5) is 23.1 Å². The lowest BCUT2D eigenvalue weighted by Gasteiger charge is -2.33. The summed E-state index contributed by atoms with van der Waals surface area (Å²) < 4.78 is 18.4. The van der Waals surface area contributed by atoms with Crippen LogP contribution in [-0.4, -0.2) is 78.2 Å². The Hall–Kier alpha value is -4.03. The number of allylic oxidation sites excluding steroid dienone is 1. The van der Waals surface area contributed by atoms with Crippen molar-refractivity contribution in [1.82, 2.24) is 29.2 Å². The number of likely N-dealkylation sites (tertiary alicyclic amines) is 1. The zero-order valence-corrected chi connectivity index (χ0v) is 23.2. The monoisotopic (exact) mass is 547 g/mol. The minimum atomic E-state index is -2.58. The molecule has 0 amide bonds. The molecule has 2 bridgehead atoms. The van der Waals surface area contributed by atoms with Gasteiger partial charge in [0.05, 0.1) is 6.54 Å². The number of anilines is 4. The number of nitrogens with one attached hydrogen (secondary N) is 2. The van der Waals surface area contributed by atoms with Gasteiger partial charge < -0.3 is 14.9 Å². The first-order valence-electron chi connectivity index (χ1n) is 12.9. The van der Waals surface area contributed by atoms with Crippen LogP contribution in [0.25, 0.3) is 16.9 Å². The minimum absolute atomic E-state index is 0.247. The molecule has 2 fully saturated rings. The average molecular weight is 548 g/mol. The number of nitrogens with zero attached hydrogens (tertiary/aromatic N) is 7. The summed E-state index contributed by atoms with van der Waals surface area (Å²) in [5.41, 5.74) is 2.23. The third-order valence-corrected chi connectivity index (χ3v) is 8.05. The number of rotatable bonds is 8. The quantitative estimate of drug-likeness (QED) is 0.228. The molecule has 0 saturated carbocycles. The topological polar surface area (TPSA) is 113 Å². The van der Waals surface area contributed by atoms with Gasteiger partial charge in [0.15, 0.2) is 11.5 Å². The largest absolute Gasteiger partial charge is 0.366 e. The van der Waals surface area contributed by atoms with E-state index in [2.05, 4.69) is 55.6 Å². The maximum Gasteiger partial charge on any atom is 0.278 e. The number of hydrogen-bond acceptors (Lipinski definition) is 8.